The lowest BCUT2D eigenvalue weighted by molar-refractivity contribution is -0.114. The number of hydrogen-bond acceptors (Lipinski definition) is 4. The molecule has 0 aromatic heterocycles. The first kappa shape index (κ1) is 16.8. The maximum Gasteiger partial charge on any atom is 0.221 e. The number of nitrogens with zero attached hydrogens (tertiary/aromatic N) is 1. The average Bonchev–Trinajstić information content (AvgIpc) is 2.54. The maximum atomic E-state index is 11.0. The van der Waals surface area contributed by atoms with E-state index >= 15 is 0 Å². The zero-order valence-corrected chi connectivity index (χ0v) is 13.4. The van der Waals surface area contributed by atoms with E-state index in [4.69, 9.17) is 4.74 Å². The van der Waals surface area contributed by atoms with Gasteiger partial charge >= 0.3 is 0 Å². The van der Waals surface area contributed by atoms with Crippen molar-refractivity contribution in [3.63, 3.8) is 0 Å². The Balaban J connectivity index is 1.80. The van der Waals surface area contributed by atoms with E-state index in [1.807, 2.05) is 42.3 Å². The van der Waals surface area contributed by atoms with Crippen LogP contribution in [-0.2, 0) is 4.79 Å². The summed E-state index contributed by atoms with van der Waals surface area (Å²) >= 11 is 0. The number of para-hydroxylation sites is 1. The van der Waals surface area contributed by atoms with Gasteiger partial charge in [-0.15, -0.1) is 0 Å². The standard InChI is InChI=1S/C18H22N2O3/c1-14(21)19-15-8-10-18(11-9-15)23-13-17(22)12-20(2)16-6-4-3-5-7-16/h3-11,17,22H,12-13H2,1-2H3,(H,19,21). The van der Waals surface area contributed by atoms with E-state index in [-0.39, 0.29) is 12.5 Å². The summed E-state index contributed by atoms with van der Waals surface area (Å²) in [7, 11) is 1.93. The van der Waals surface area contributed by atoms with E-state index in [2.05, 4.69) is 5.32 Å². The van der Waals surface area contributed by atoms with Gasteiger partial charge in [0.25, 0.3) is 0 Å². The minimum absolute atomic E-state index is 0.113. The van der Waals surface area contributed by atoms with Crippen molar-refractivity contribution < 1.29 is 14.6 Å². The molecule has 0 aliphatic rings. The number of amides is 1. The Labute approximate surface area is 136 Å². The summed E-state index contributed by atoms with van der Waals surface area (Å²) in [5.41, 5.74) is 1.76. The molecule has 0 aliphatic carbocycles. The monoisotopic (exact) mass is 314 g/mol. The molecule has 5 heteroatoms. The highest BCUT2D eigenvalue weighted by molar-refractivity contribution is 5.88. The van der Waals surface area contributed by atoms with E-state index in [1.54, 1.807) is 24.3 Å². The molecular formula is C18H22N2O3. The molecule has 2 aromatic rings. The summed E-state index contributed by atoms with van der Waals surface area (Å²) in [6.07, 6.45) is -0.602. The van der Waals surface area contributed by atoms with Crippen LogP contribution in [0.25, 0.3) is 0 Å². The van der Waals surface area contributed by atoms with E-state index in [9.17, 15) is 9.90 Å². The van der Waals surface area contributed by atoms with Gasteiger partial charge in [0.15, 0.2) is 0 Å². The van der Waals surface area contributed by atoms with Crippen LogP contribution in [0.4, 0.5) is 11.4 Å². The molecule has 0 heterocycles. The van der Waals surface area contributed by atoms with Gasteiger partial charge in [-0.2, -0.15) is 0 Å². The quantitative estimate of drug-likeness (QED) is 0.824. The molecule has 0 bridgehead atoms. The van der Waals surface area contributed by atoms with Gasteiger partial charge in [-0.05, 0) is 36.4 Å². The number of carbonyl (C=O) groups is 1. The van der Waals surface area contributed by atoms with Crippen molar-refractivity contribution in [3.8, 4) is 5.75 Å². The Morgan fingerprint density at radius 1 is 1.17 bits per heavy atom. The fourth-order valence-electron chi connectivity index (χ4n) is 2.19. The molecule has 0 saturated carbocycles. The van der Waals surface area contributed by atoms with Crippen LogP contribution in [0.15, 0.2) is 54.6 Å². The Kier molecular flexibility index (Phi) is 6.00. The highest BCUT2D eigenvalue weighted by Crippen LogP contribution is 2.16. The number of carbonyl (C=O) groups excluding carboxylic acids is 1. The fraction of sp³-hybridized carbons (Fsp3) is 0.278. The lowest BCUT2D eigenvalue weighted by Crippen LogP contribution is -2.33. The fourth-order valence-corrected chi connectivity index (χ4v) is 2.19. The Bertz CT molecular complexity index is 614. The van der Waals surface area contributed by atoms with Crippen LogP contribution in [0.3, 0.4) is 0 Å². The second kappa shape index (κ2) is 8.19. The lowest BCUT2D eigenvalue weighted by Gasteiger charge is -2.22. The topological polar surface area (TPSA) is 61.8 Å². The number of benzene rings is 2. The molecule has 0 aliphatic heterocycles. The third-order valence-electron chi connectivity index (χ3n) is 3.30. The number of aliphatic hydroxyl groups excluding tert-OH is 1. The third kappa shape index (κ3) is 5.64. The zero-order valence-electron chi connectivity index (χ0n) is 13.4. The molecule has 2 aromatic carbocycles. The first-order valence-corrected chi connectivity index (χ1v) is 7.49. The number of nitrogens with one attached hydrogen (secondary N) is 1. The Hall–Kier alpha value is -2.53. The molecule has 1 atom stereocenters. The zero-order chi connectivity index (χ0) is 16.7. The predicted octanol–water partition coefficient (Wildman–Crippen LogP) is 2.52. The van der Waals surface area contributed by atoms with Gasteiger partial charge in [0.2, 0.25) is 5.91 Å². The van der Waals surface area contributed by atoms with Crippen molar-refractivity contribution in [1.29, 1.82) is 0 Å². The van der Waals surface area contributed by atoms with Crippen molar-refractivity contribution in [2.75, 3.05) is 30.4 Å². The molecule has 0 spiro atoms. The van der Waals surface area contributed by atoms with Crippen LogP contribution in [-0.4, -0.2) is 37.3 Å². The number of likely N-dealkylation sites (N-methyl/N-ethyl adjacent to an activating group) is 1. The summed E-state index contributed by atoms with van der Waals surface area (Å²) in [6.45, 7) is 2.15. The lowest BCUT2D eigenvalue weighted by atomic mass is 10.2. The van der Waals surface area contributed by atoms with Crippen LogP contribution in [0.1, 0.15) is 6.92 Å². The number of hydrogen-bond donors (Lipinski definition) is 2. The maximum absolute atomic E-state index is 11.0. The second-order valence-corrected chi connectivity index (χ2v) is 5.39. The van der Waals surface area contributed by atoms with E-state index < -0.39 is 6.10 Å². The summed E-state index contributed by atoms with van der Waals surface area (Å²) in [4.78, 5) is 12.9. The highest BCUT2D eigenvalue weighted by Gasteiger charge is 2.10. The minimum Gasteiger partial charge on any atom is -0.491 e. The third-order valence-corrected chi connectivity index (χ3v) is 3.30. The van der Waals surface area contributed by atoms with Crippen molar-refractivity contribution >= 4 is 17.3 Å². The van der Waals surface area contributed by atoms with Crippen LogP contribution in [0.2, 0.25) is 0 Å². The number of rotatable bonds is 7. The Morgan fingerprint density at radius 2 is 1.83 bits per heavy atom. The van der Waals surface area contributed by atoms with E-state index in [0.717, 1.165) is 5.69 Å². The molecule has 2 N–H and O–H groups in total. The van der Waals surface area contributed by atoms with Crippen molar-refractivity contribution in [2.45, 2.75) is 13.0 Å². The van der Waals surface area contributed by atoms with Gasteiger partial charge < -0.3 is 20.1 Å². The summed E-state index contributed by atoms with van der Waals surface area (Å²) in [5, 5.41) is 12.8. The highest BCUT2D eigenvalue weighted by atomic mass is 16.5. The van der Waals surface area contributed by atoms with E-state index in [1.165, 1.54) is 6.92 Å². The molecule has 0 fully saturated rings. The van der Waals surface area contributed by atoms with E-state index in [0.29, 0.717) is 18.0 Å². The summed E-state index contributed by atoms with van der Waals surface area (Å²) < 4.78 is 5.58. The van der Waals surface area contributed by atoms with Gasteiger partial charge in [-0.3, -0.25) is 4.79 Å². The van der Waals surface area contributed by atoms with Crippen LogP contribution in [0.5, 0.6) is 5.75 Å². The number of anilines is 2. The minimum atomic E-state index is -0.602. The normalized spacial score (nSPS) is 11.6. The predicted molar refractivity (Wildman–Crippen MR) is 92.0 cm³/mol. The molecule has 122 valence electrons. The summed E-state index contributed by atoms with van der Waals surface area (Å²) in [5.74, 6) is 0.540. The van der Waals surface area contributed by atoms with Gasteiger partial charge in [0.05, 0.1) is 0 Å². The summed E-state index contributed by atoms with van der Waals surface area (Å²) in [6, 6.07) is 16.9. The Morgan fingerprint density at radius 3 is 2.43 bits per heavy atom. The largest absolute Gasteiger partial charge is 0.491 e. The molecule has 1 amide bonds. The molecule has 0 saturated heterocycles. The van der Waals surface area contributed by atoms with Crippen molar-refractivity contribution in [1.82, 2.24) is 0 Å². The van der Waals surface area contributed by atoms with Crippen LogP contribution >= 0.6 is 0 Å². The molecule has 0 radical (unpaired) electrons. The molecule has 1 unspecified atom stereocenters. The molecule has 2 rings (SSSR count). The SMILES string of the molecule is CC(=O)Nc1ccc(OCC(O)CN(C)c2ccccc2)cc1. The number of ether oxygens (including phenoxy) is 1. The van der Waals surface area contributed by atoms with Gasteiger partial charge in [0.1, 0.15) is 18.5 Å². The average molecular weight is 314 g/mol. The smallest absolute Gasteiger partial charge is 0.221 e. The van der Waals surface area contributed by atoms with Crippen molar-refractivity contribution in [3.05, 3.63) is 54.6 Å². The van der Waals surface area contributed by atoms with Gasteiger partial charge in [-0.25, -0.2) is 0 Å². The molecule has 23 heavy (non-hydrogen) atoms. The molecule has 5 nitrogen and oxygen atoms in total. The number of aliphatic hydroxyl groups is 1. The molecular weight excluding hydrogens is 292 g/mol. The first-order valence-electron chi connectivity index (χ1n) is 7.49. The van der Waals surface area contributed by atoms with Gasteiger partial charge in [0, 0.05) is 31.9 Å². The van der Waals surface area contributed by atoms with Crippen LogP contribution < -0.4 is 15.0 Å². The van der Waals surface area contributed by atoms with Gasteiger partial charge in [-0.1, -0.05) is 18.2 Å². The van der Waals surface area contributed by atoms with Crippen LogP contribution in [0, 0.1) is 0 Å². The second-order valence-electron chi connectivity index (χ2n) is 5.39. The van der Waals surface area contributed by atoms with Crippen molar-refractivity contribution in [2.24, 2.45) is 0 Å². The first-order chi connectivity index (χ1) is 11.0.